The molecular weight excluding hydrogens is 424 g/mol. The first-order valence-electron chi connectivity index (χ1n) is 11.8. The van der Waals surface area contributed by atoms with E-state index in [9.17, 15) is 9.90 Å². The maximum absolute atomic E-state index is 13.4. The molecule has 3 aromatic rings. The Kier molecular flexibility index (Phi) is 5.26. The highest BCUT2D eigenvalue weighted by atomic mass is 16.6. The van der Waals surface area contributed by atoms with E-state index in [-0.39, 0.29) is 17.7 Å². The molecule has 2 aliphatic heterocycles. The van der Waals surface area contributed by atoms with Crippen molar-refractivity contribution in [1.82, 2.24) is 30.1 Å². The molecule has 0 bridgehead atoms. The predicted octanol–water partition coefficient (Wildman–Crippen LogP) is 1.95. The summed E-state index contributed by atoms with van der Waals surface area (Å²) in [6.07, 6.45) is 5.41. The Labute approximate surface area is 190 Å². The van der Waals surface area contributed by atoms with E-state index in [0.717, 1.165) is 31.1 Å². The Morgan fingerprint density at radius 1 is 1.03 bits per heavy atom. The number of rotatable bonds is 4. The second-order valence-electron chi connectivity index (χ2n) is 9.23. The first kappa shape index (κ1) is 20.6. The zero-order valence-electron chi connectivity index (χ0n) is 18.4. The summed E-state index contributed by atoms with van der Waals surface area (Å²) in [7, 11) is 0. The summed E-state index contributed by atoms with van der Waals surface area (Å²) < 4.78 is 13.4. The van der Waals surface area contributed by atoms with Crippen LogP contribution in [0.25, 0.3) is 10.9 Å². The Morgan fingerprint density at radius 3 is 2.52 bits per heavy atom. The van der Waals surface area contributed by atoms with Crippen molar-refractivity contribution in [2.24, 2.45) is 0 Å². The van der Waals surface area contributed by atoms with Gasteiger partial charge in [-0.15, -0.1) is 5.10 Å². The average Bonchev–Trinajstić information content (AvgIpc) is 3.52. The largest absolute Gasteiger partial charge is 0.486 e. The predicted molar refractivity (Wildman–Crippen MR) is 120 cm³/mol. The highest BCUT2D eigenvalue weighted by Crippen LogP contribution is 2.37. The SMILES string of the molecule is O=c1[nH]c2cc3c(cc2cc1[C@@H](c1nnnn1C1CCCC1)N1CCC(O)CC1)OCCO3. The normalized spacial score (nSPS) is 21.0. The van der Waals surface area contributed by atoms with Crippen LogP contribution in [-0.2, 0) is 0 Å². The van der Waals surface area contributed by atoms with Gasteiger partial charge >= 0.3 is 0 Å². The molecule has 1 aliphatic carbocycles. The zero-order valence-corrected chi connectivity index (χ0v) is 18.4. The van der Waals surface area contributed by atoms with E-state index < -0.39 is 6.04 Å². The number of nitrogens with zero attached hydrogens (tertiary/aromatic N) is 5. The molecule has 1 atom stereocenters. The lowest BCUT2D eigenvalue weighted by Gasteiger charge is -2.35. The molecule has 0 unspecified atom stereocenters. The number of aromatic nitrogens is 5. The second kappa shape index (κ2) is 8.42. The van der Waals surface area contributed by atoms with E-state index in [1.807, 2.05) is 22.9 Å². The molecule has 2 N–H and O–H groups in total. The van der Waals surface area contributed by atoms with Gasteiger partial charge in [-0.05, 0) is 48.2 Å². The highest BCUT2D eigenvalue weighted by Gasteiger charge is 2.35. The monoisotopic (exact) mass is 452 g/mol. The van der Waals surface area contributed by atoms with E-state index in [1.54, 1.807) is 0 Å². The summed E-state index contributed by atoms with van der Waals surface area (Å²) in [5.41, 5.74) is 1.14. The molecule has 174 valence electrons. The molecule has 0 spiro atoms. The van der Waals surface area contributed by atoms with E-state index in [2.05, 4.69) is 25.4 Å². The van der Waals surface area contributed by atoms with Gasteiger partial charge in [0.05, 0.1) is 17.7 Å². The van der Waals surface area contributed by atoms with Gasteiger partial charge in [0.25, 0.3) is 5.56 Å². The van der Waals surface area contributed by atoms with Gasteiger partial charge in [0.2, 0.25) is 0 Å². The van der Waals surface area contributed by atoms with Crippen molar-refractivity contribution < 1.29 is 14.6 Å². The van der Waals surface area contributed by atoms with Crippen LogP contribution >= 0.6 is 0 Å². The average molecular weight is 453 g/mol. The van der Waals surface area contributed by atoms with Crippen molar-refractivity contribution in [2.75, 3.05) is 26.3 Å². The third-order valence-corrected chi connectivity index (χ3v) is 7.13. The zero-order chi connectivity index (χ0) is 22.4. The fourth-order valence-corrected chi connectivity index (χ4v) is 5.40. The summed E-state index contributed by atoms with van der Waals surface area (Å²) in [6, 6.07) is 5.53. The number of tetrazole rings is 1. The molecule has 0 radical (unpaired) electrons. The number of pyridine rings is 1. The van der Waals surface area contributed by atoms with Crippen LogP contribution in [0.5, 0.6) is 11.5 Å². The van der Waals surface area contributed by atoms with E-state index >= 15 is 0 Å². The number of likely N-dealkylation sites (tertiary alicyclic amines) is 1. The second-order valence-corrected chi connectivity index (χ2v) is 9.23. The van der Waals surface area contributed by atoms with Gasteiger partial charge in [-0.3, -0.25) is 9.69 Å². The highest BCUT2D eigenvalue weighted by molar-refractivity contribution is 5.83. The Morgan fingerprint density at radius 2 is 1.76 bits per heavy atom. The number of aromatic amines is 1. The van der Waals surface area contributed by atoms with Crippen LogP contribution in [0.15, 0.2) is 23.0 Å². The van der Waals surface area contributed by atoms with Crippen molar-refractivity contribution in [3.63, 3.8) is 0 Å². The van der Waals surface area contributed by atoms with Gasteiger partial charge in [0.1, 0.15) is 19.3 Å². The Bertz CT molecular complexity index is 1210. The Balaban J connectivity index is 1.47. The fourth-order valence-electron chi connectivity index (χ4n) is 5.40. The minimum absolute atomic E-state index is 0.170. The Hall–Kier alpha value is -2.98. The third-order valence-electron chi connectivity index (χ3n) is 7.13. The lowest BCUT2D eigenvalue weighted by molar-refractivity contribution is 0.0654. The van der Waals surface area contributed by atoms with Gasteiger partial charge in [-0.2, -0.15) is 0 Å². The quantitative estimate of drug-likeness (QED) is 0.617. The number of aliphatic hydroxyl groups is 1. The maximum atomic E-state index is 13.4. The first-order valence-corrected chi connectivity index (χ1v) is 11.8. The van der Waals surface area contributed by atoms with Crippen LogP contribution in [0, 0.1) is 0 Å². The third kappa shape index (κ3) is 3.76. The standard InChI is InChI=1S/C23H28N6O4/c30-16-5-7-28(8-6-16)21(22-25-26-27-29(22)15-3-1-2-4-15)17-11-14-12-19-20(33-10-9-32-19)13-18(14)24-23(17)31/h11-13,15-16,21,30H,1-10H2,(H,24,31)/t21-/m0/s1. The number of hydrogen-bond acceptors (Lipinski definition) is 8. The van der Waals surface area contributed by atoms with Crippen LogP contribution in [-0.4, -0.2) is 67.6 Å². The summed E-state index contributed by atoms with van der Waals surface area (Å²) >= 11 is 0. The van der Waals surface area contributed by atoms with Gasteiger partial charge in [0, 0.05) is 30.1 Å². The molecule has 6 rings (SSSR count). The number of piperidine rings is 1. The molecule has 2 aromatic heterocycles. The minimum atomic E-state index is -0.394. The number of hydrogen-bond donors (Lipinski definition) is 2. The van der Waals surface area contributed by atoms with Crippen molar-refractivity contribution in [3.05, 3.63) is 39.9 Å². The first-order chi connectivity index (χ1) is 16.2. The van der Waals surface area contributed by atoms with Gasteiger partial charge in [0.15, 0.2) is 17.3 Å². The summed E-state index contributed by atoms with van der Waals surface area (Å²) in [6.45, 7) is 2.33. The van der Waals surface area contributed by atoms with Crippen LogP contribution < -0.4 is 15.0 Å². The van der Waals surface area contributed by atoms with E-state index in [4.69, 9.17) is 9.47 Å². The van der Waals surface area contributed by atoms with Crippen LogP contribution in [0.2, 0.25) is 0 Å². The number of ether oxygens (including phenoxy) is 2. The number of nitrogens with one attached hydrogen (secondary N) is 1. The van der Waals surface area contributed by atoms with Crippen molar-refractivity contribution >= 4 is 10.9 Å². The molecule has 33 heavy (non-hydrogen) atoms. The molecule has 1 saturated heterocycles. The van der Waals surface area contributed by atoms with E-state index in [1.165, 1.54) is 0 Å². The number of aliphatic hydroxyl groups excluding tert-OH is 1. The fraction of sp³-hybridized carbons (Fsp3) is 0.565. The molecule has 10 heteroatoms. The summed E-state index contributed by atoms with van der Waals surface area (Å²) in [5, 5.41) is 23.7. The molecule has 3 aliphatic rings. The maximum Gasteiger partial charge on any atom is 0.253 e. The molecule has 10 nitrogen and oxygen atoms in total. The topological polar surface area (TPSA) is 118 Å². The smallest absolute Gasteiger partial charge is 0.253 e. The van der Waals surface area contributed by atoms with E-state index in [0.29, 0.717) is 67.5 Å². The molecule has 0 amide bonds. The number of fused-ring (bicyclic) bond motifs is 2. The number of H-pyrrole nitrogens is 1. The molecule has 1 aromatic carbocycles. The van der Waals surface area contributed by atoms with Crippen molar-refractivity contribution in [3.8, 4) is 11.5 Å². The van der Waals surface area contributed by atoms with Crippen LogP contribution in [0.1, 0.15) is 62.0 Å². The number of benzene rings is 1. The minimum Gasteiger partial charge on any atom is -0.486 e. The van der Waals surface area contributed by atoms with Crippen molar-refractivity contribution in [2.45, 2.75) is 56.7 Å². The molecular formula is C23H28N6O4. The van der Waals surface area contributed by atoms with Crippen molar-refractivity contribution in [1.29, 1.82) is 0 Å². The summed E-state index contributed by atoms with van der Waals surface area (Å²) in [4.78, 5) is 18.7. The van der Waals surface area contributed by atoms with Gasteiger partial charge < -0.3 is 19.6 Å². The summed E-state index contributed by atoms with van der Waals surface area (Å²) in [5.74, 6) is 2.02. The van der Waals surface area contributed by atoms with Crippen LogP contribution in [0.4, 0.5) is 0 Å². The van der Waals surface area contributed by atoms with Gasteiger partial charge in [-0.1, -0.05) is 12.8 Å². The van der Waals surface area contributed by atoms with Crippen LogP contribution in [0.3, 0.4) is 0 Å². The lowest BCUT2D eigenvalue weighted by Crippen LogP contribution is -2.42. The molecule has 4 heterocycles. The lowest BCUT2D eigenvalue weighted by atomic mass is 9.99. The molecule has 2 fully saturated rings. The van der Waals surface area contributed by atoms with Gasteiger partial charge in [-0.25, -0.2) is 4.68 Å². The molecule has 1 saturated carbocycles.